The van der Waals surface area contributed by atoms with Gasteiger partial charge in [0.2, 0.25) is 5.91 Å². The van der Waals surface area contributed by atoms with Gasteiger partial charge in [-0.15, -0.1) is 11.3 Å². The second-order valence-corrected chi connectivity index (χ2v) is 6.33. The van der Waals surface area contributed by atoms with Crippen molar-refractivity contribution < 1.29 is 9.21 Å². The SMILES string of the molecule is O=C(Cc1ccccc1)Nc1nc(-c2ccc3oc(=O)[nH]c3c2)cs1. The first-order valence-corrected chi connectivity index (χ1v) is 8.48. The lowest BCUT2D eigenvalue weighted by Crippen LogP contribution is -2.14. The Kier molecular flexibility index (Phi) is 3.91. The highest BCUT2D eigenvalue weighted by atomic mass is 32.1. The van der Waals surface area contributed by atoms with E-state index < -0.39 is 5.76 Å². The van der Waals surface area contributed by atoms with Gasteiger partial charge in [0.25, 0.3) is 0 Å². The summed E-state index contributed by atoms with van der Waals surface area (Å²) in [6.07, 6.45) is 0.304. The first kappa shape index (κ1) is 15.3. The molecule has 0 saturated carbocycles. The van der Waals surface area contributed by atoms with Gasteiger partial charge in [0, 0.05) is 10.9 Å². The Balaban J connectivity index is 1.51. The predicted octanol–water partition coefficient (Wildman–Crippen LogP) is 3.43. The van der Waals surface area contributed by atoms with Gasteiger partial charge in [-0.3, -0.25) is 9.78 Å². The molecule has 4 rings (SSSR count). The summed E-state index contributed by atoms with van der Waals surface area (Å²) in [6, 6.07) is 14.9. The maximum Gasteiger partial charge on any atom is 0.417 e. The molecule has 0 fully saturated rings. The van der Waals surface area contributed by atoms with E-state index in [-0.39, 0.29) is 5.91 Å². The quantitative estimate of drug-likeness (QED) is 0.590. The monoisotopic (exact) mass is 351 g/mol. The molecular weight excluding hydrogens is 338 g/mol. The maximum absolute atomic E-state index is 12.1. The number of rotatable bonds is 4. The van der Waals surface area contributed by atoms with Crippen LogP contribution in [0.15, 0.2) is 63.1 Å². The Bertz CT molecular complexity index is 1100. The van der Waals surface area contributed by atoms with E-state index in [1.54, 1.807) is 12.1 Å². The Morgan fingerprint density at radius 1 is 1.20 bits per heavy atom. The Labute approximate surface area is 146 Å². The molecule has 7 heteroatoms. The molecule has 0 spiro atoms. The lowest BCUT2D eigenvalue weighted by molar-refractivity contribution is -0.115. The van der Waals surface area contributed by atoms with Gasteiger partial charge in [0.15, 0.2) is 10.7 Å². The molecule has 2 aromatic carbocycles. The van der Waals surface area contributed by atoms with E-state index in [0.717, 1.165) is 16.8 Å². The molecule has 0 bridgehead atoms. The number of aromatic nitrogens is 2. The number of benzene rings is 2. The minimum Gasteiger partial charge on any atom is -0.408 e. The molecule has 0 aliphatic carbocycles. The van der Waals surface area contributed by atoms with Crippen LogP contribution in [0.1, 0.15) is 5.56 Å². The summed E-state index contributed by atoms with van der Waals surface area (Å²) in [4.78, 5) is 30.4. The minimum atomic E-state index is -0.487. The minimum absolute atomic E-state index is 0.110. The first-order valence-electron chi connectivity index (χ1n) is 7.60. The van der Waals surface area contributed by atoms with E-state index >= 15 is 0 Å². The van der Waals surface area contributed by atoms with Gasteiger partial charge in [-0.1, -0.05) is 30.3 Å². The van der Waals surface area contributed by atoms with Crippen molar-refractivity contribution in [2.75, 3.05) is 5.32 Å². The molecule has 124 valence electrons. The van der Waals surface area contributed by atoms with Crippen LogP contribution in [0.2, 0.25) is 0 Å². The van der Waals surface area contributed by atoms with Crippen molar-refractivity contribution in [1.82, 2.24) is 9.97 Å². The second-order valence-electron chi connectivity index (χ2n) is 5.47. The number of amides is 1. The van der Waals surface area contributed by atoms with Gasteiger partial charge in [-0.05, 0) is 23.8 Å². The number of hydrogen-bond acceptors (Lipinski definition) is 5. The van der Waals surface area contributed by atoms with E-state index in [2.05, 4.69) is 15.3 Å². The summed E-state index contributed by atoms with van der Waals surface area (Å²) in [5.41, 5.74) is 3.63. The Morgan fingerprint density at radius 2 is 2.04 bits per heavy atom. The van der Waals surface area contributed by atoms with E-state index in [1.807, 2.05) is 41.8 Å². The zero-order chi connectivity index (χ0) is 17.2. The van der Waals surface area contributed by atoms with Crippen LogP contribution in [-0.2, 0) is 11.2 Å². The summed E-state index contributed by atoms with van der Waals surface area (Å²) >= 11 is 1.36. The van der Waals surface area contributed by atoms with Crippen LogP contribution >= 0.6 is 11.3 Å². The molecule has 2 heterocycles. The van der Waals surface area contributed by atoms with E-state index in [0.29, 0.717) is 22.7 Å². The molecule has 0 aliphatic heterocycles. The van der Waals surface area contributed by atoms with Crippen LogP contribution in [0.5, 0.6) is 0 Å². The second kappa shape index (κ2) is 6.37. The topological polar surface area (TPSA) is 88.0 Å². The highest BCUT2D eigenvalue weighted by Gasteiger charge is 2.10. The average molecular weight is 351 g/mol. The van der Waals surface area contributed by atoms with Crippen molar-refractivity contribution >= 4 is 33.5 Å². The number of carbonyl (C=O) groups excluding carboxylic acids is 1. The summed E-state index contributed by atoms with van der Waals surface area (Å²) in [5, 5.41) is 5.21. The maximum atomic E-state index is 12.1. The fraction of sp³-hybridized carbons (Fsp3) is 0.0556. The summed E-state index contributed by atoms with van der Waals surface area (Å²) in [7, 11) is 0. The van der Waals surface area contributed by atoms with E-state index in [4.69, 9.17) is 4.42 Å². The van der Waals surface area contributed by atoms with Gasteiger partial charge >= 0.3 is 5.76 Å². The van der Waals surface area contributed by atoms with Gasteiger partial charge < -0.3 is 9.73 Å². The van der Waals surface area contributed by atoms with Crippen molar-refractivity contribution in [3.63, 3.8) is 0 Å². The van der Waals surface area contributed by atoms with Crippen molar-refractivity contribution in [2.45, 2.75) is 6.42 Å². The number of oxazole rings is 1. The number of fused-ring (bicyclic) bond motifs is 1. The molecule has 4 aromatic rings. The predicted molar refractivity (Wildman–Crippen MR) is 96.7 cm³/mol. The molecule has 0 aliphatic rings. The molecule has 0 unspecified atom stereocenters. The number of nitrogens with one attached hydrogen (secondary N) is 2. The molecule has 2 aromatic heterocycles. The van der Waals surface area contributed by atoms with Crippen LogP contribution in [0.4, 0.5) is 5.13 Å². The number of anilines is 1. The number of H-pyrrole nitrogens is 1. The summed E-state index contributed by atoms with van der Waals surface area (Å²) in [5.74, 6) is -0.596. The number of nitrogens with zero attached hydrogens (tertiary/aromatic N) is 1. The summed E-state index contributed by atoms with van der Waals surface area (Å²) in [6.45, 7) is 0. The van der Waals surface area contributed by atoms with Gasteiger partial charge in [-0.2, -0.15) is 0 Å². The first-order chi connectivity index (χ1) is 12.2. The van der Waals surface area contributed by atoms with Crippen molar-refractivity contribution in [1.29, 1.82) is 0 Å². The molecule has 2 N–H and O–H groups in total. The number of thiazole rings is 1. The Hall–Kier alpha value is -3.19. The zero-order valence-electron chi connectivity index (χ0n) is 13.0. The smallest absolute Gasteiger partial charge is 0.408 e. The third kappa shape index (κ3) is 3.36. The van der Waals surface area contributed by atoms with Crippen molar-refractivity contribution in [3.05, 3.63) is 70.0 Å². The van der Waals surface area contributed by atoms with E-state index in [1.165, 1.54) is 11.3 Å². The third-order valence-electron chi connectivity index (χ3n) is 3.67. The fourth-order valence-electron chi connectivity index (χ4n) is 2.52. The molecular formula is C18H13N3O3S. The number of hydrogen-bond donors (Lipinski definition) is 2. The standard InChI is InChI=1S/C18H13N3O3S/c22-16(8-11-4-2-1-3-5-11)21-17-19-14(10-25-17)12-6-7-15-13(9-12)20-18(23)24-15/h1-7,9-10H,8H2,(H,20,23)(H,19,21,22). The van der Waals surface area contributed by atoms with Gasteiger partial charge in [0.1, 0.15) is 0 Å². The highest BCUT2D eigenvalue weighted by Crippen LogP contribution is 2.27. The normalized spacial score (nSPS) is 10.9. The molecule has 6 nitrogen and oxygen atoms in total. The van der Waals surface area contributed by atoms with Crippen LogP contribution in [0.25, 0.3) is 22.4 Å². The molecule has 1 amide bonds. The summed E-state index contributed by atoms with van der Waals surface area (Å²) < 4.78 is 4.99. The van der Waals surface area contributed by atoms with Gasteiger partial charge in [0.05, 0.1) is 17.6 Å². The number of carbonyl (C=O) groups is 1. The van der Waals surface area contributed by atoms with Crippen LogP contribution < -0.4 is 11.1 Å². The lowest BCUT2D eigenvalue weighted by atomic mass is 10.1. The van der Waals surface area contributed by atoms with Crippen LogP contribution in [0, 0.1) is 0 Å². The third-order valence-corrected chi connectivity index (χ3v) is 4.43. The number of aromatic amines is 1. The molecule has 0 saturated heterocycles. The molecule has 0 atom stereocenters. The van der Waals surface area contributed by atoms with Crippen molar-refractivity contribution in [2.24, 2.45) is 0 Å². The fourth-order valence-corrected chi connectivity index (χ4v) is 3.26. The van der Waals surface area contributed by atoms with Crippen molar-refractivity contribution in [3.8, 4) is 11.3 Å². The van der Waals surface area contributed by atoms with Gasteiger partial charge in [-0.25, -0.2) is 9.78 Å². The van der Waals surface area contributed by atoms with Crippen LogP contribution in [0.3, 0.4) is 0 Å². The largest absolute Gasteiger partial charge is 0.417 e. The zero-order valence-corrected chi connectivity index (χ0v) is 13.8. The average Bonchev–Trinajstić information content (AvgIpc) is 3.20. The molecule has 25 heavy (non-hydrogen) atoms. The highest BCUT2D eigenvalue weighted by molar-refractivity contribution is 7.14. The van der Waals surface area contributed by atoms with Crippen LogP contribution in [-0.4, -0.2) is 15.9 Å². The molecule has 0 radical (unpaired) electrons. The lowest BCUT2D eigenvalue weighted by Gasteiger charge is -2.01. The van der Waals surface area contributed by atoms with E-state index in [9.17, 15) is 9.59 Å². The Morgan fingerprint density at radius 3 is 2.88 bits per heavy atom.